The Kier molecular flexibility index (Phi) is 3.80. The van der Waals surface area contributed by atoms with Crippen molar-refractivity contribution in [1.29, 1.82) is 0 Å². The predicted molar refractivity (Wildman–Crippen MR) is 85.4 cm³/mol. The summed E-state index contributed by atoms with van der Waals surface area (Å²) < 4.78 is 11.5. The summed E-state index contributed by atoms with van der Waals surface area (Å²) in [6, 6.07) is 8.81. The number of hydrogen-bond acceptors (Lipinski definition) is 3. The molecule has 3 heteroatoms. The quantitative estimate of drug-likeness (QED) is 0.905. The van der Waals surface area contributed by atoms with Crippen molar-refractivity contribution in [3.8, 4) is 0 Å². The van der Waals surface area contributed by atoms with Gasteiger partial charge in [-0.25, -0.2) is 0 Å². The molecule has 0 aliphatic heterocycles. The van der Waals surface area contributed by atoms with E-state index in [9.17, 15) is 0 Å². The molecule has 2 unspecified atom stereocenters. The molecular formula is C18H25NO2. The zero-order valence-corrected chi connectivity index (χ0v) is 13.4. The van der Waals surface area contributed by atoms with Gasteiger partial charge >= 0.3 is 0 Å². The summed E-state index contributed by atoms with van der Waals surface area (Å²) in [7, 11) is 1.81. The van der Waals surface area contributed by atoms with E-state index >= 15 is 0 Å². The zero-order valence-electron chi connectivity index (χ0n) is 13.4. The normalized spacial score (nSPS) is 24.2. The maximum atomic E-state index is 5.96. The van der Waals surface area contributed by atoms with Crippen LogP contribution in [0.2, 0.25) is 0 Å². The van der Waals surface area contributed by atoms with Crippen LogP contribution in [0.5, 0.6) is 0 Å². The number of furan rings is 1. The number of ether oxygens (including phenoxy) is 1. The van der Waals surface area contributed by atoms with Crippen LogP contribution in [0, 0.1) is 5.41 Å². The fraction of sp³-hybridized carbons (Fsp3) is 0.556. The number of benzene rings is 1. The van der Waals surface area contributed by atoms with Crippen LogP contribution >= 0.6 is 0 Å². The van der Waals surface area contributed by atoms with Gasteiger partial charge in [-0.2, -0.15) is 0 Å². The Morgan fingerprint density at radius 2 is 2.10 bits per heavy atom. The molecule has 1 saturated carbocycles. The highest BCUT2D eigenvalue weighted by Gasteiger charge is 2.48. The van der Waals surface area contributed by atoms with Gasteiger partial charge in [0.1, 0.15) is 11.3 Å². The molecule has 0 bridgehead atoms. The van der Waals surface area contributed by atoms with Crippen LogP contribution < -0.4 is 5.32 Å². The lowest BCUT2D eigenvalue weighted by Gasteiger charge is -2.51. The van der Waals surface area contributed by atoms with Gasteiger partial charge in [-0.05, 0) is 12.5 Å². The first-order valence-corrected chi connectivity index (χ1v) is 7.83. The van der Waals surface area contributed by atoms with Crippen molar-refractivity contribution in [3.63, 3.8) is 0 Å². The minimum atomic E-state index is 0.195. The van der Waals surface area contributed by atoms with Gasteiger partial charge in [0, 0.05) is 42.5 Å². The van der Waals surface area contributed by atoms with Gasteiger partial charge in [-0.1, -0.05) is 39.0 Å². The van der Waals surface area contributed by atoms with E-state index in [-0.39, 0.29) is 5.41 Å². The van der Waals surface area contributed by atoms with Gasteiger partial charge in [-0.15, -0.1) is 0 Å². The Morgan fingerprint density at radius 1 is 1.33 bits per heavy atom. The Hall–Kier alpha value is -1.32. The number of methoxy groups -OCH3 is 1. The molecule has 0 radical (unpaired) electrons. The van der Waals surface area contributed by atoms with Crippen LogP contribution in [0.15, 0.2) is 28.7 Å². The lowest BCUT2D eigenvalue weighted by atomic mass is 9.64. The topological polar surface area (TPSA) is 34.4 Å². The lowest BCUT2D eigenvalue weighted by molar-refractivity contribution is -0.0979. The maximum Gasteiger partial charge on any atom is 0.134 e. The van der Waals surface area contributed by atoms with E-state index in [1.165, 1.54) is 10.9 Å². The van der Waals surface area contributed by atoms with Crippen LogP contribution in [0.1, 0.15) is 38.5 Å². The van der Waals surface area contributed by atoms with Crippen LogP contribution in [0.4, 0.5) is 0 Å². The Bertz CT molecular complexity index is 629. The molecule has 21 heavy (non-hydrogen) atoms. The monoisotopic (exact) mass is 287 g/mol. The Balaban J connectivity index is 1.77. The molecule has 1 aromatic heterocycles. The highest BCUT2D eigenvalue weighted by Crippen LogP contribution is 2.42. The summed E-state index contributed by atoms with van der Waals surface area (Å²) >= 11 is 0. The van der Waals surface area contributed by atoms with Crippen molar-refractivity contribution in [2.45, 2.75) is 52.3 Å². The molecule has 3 nitrogen and oxygen atoms in total. The van der Waals surface area contributed by atoms with Crippen molar-refractivity contribution in [1.82, 2.24) is 5.32 Å². The first-order chi connectivity index (χ1) is 10.1. The average Bonchev–Trinajstić information content (AvgIpc) is 2.84. The standard InChI is InChI=1S/C18H25NO2/c1-5-14-13(12-8-6-7-9-15(12)21-14)11-19-16-10-17(20-4)18(16,2)3/h6-9,16-17,19H,5,10-11H2,1-4H3. The van der Waals surface area contributed by atoms with Crippen molar-refractivity contribution < 1.29 is 9.15 Å². The molecule has 2 atom stereocenters. The highest BCUT2D eigenvalue weighted by atomic mass is 16.5. The number of para-hydroxylation sites is 1. The van der Waals surface area contributed by atoms with Crippen LogP contribution in [0.25, 0.3) is 11.0 Å². The molecule has 114 valence electrons. The third-order valence-corrected chi connectivity index (χ3v) is 5.09. The average molecular weight is 287 g/mol. The summed E-state index contributed by atoms with van der Waals surface area (Å²) in [5.74, 6) is 1.10. The SMILES string of the molecule is CCc1oc2ccccc2c1CNC1CC(OC)C1(C)C. The van der Waals surface area contributed by atoms with E-state index in [2.05, 4.69) is 38.2 Å². The van der Waals surface area contributed by atoms with Crippen molar-refractivity contribution in [2.75, 3.05) is 7.11 Å². The third-order valence-electron chi connectivity index (χ3n) is 5.09. The van der Waals surface area contributed by atoms with E-state index in [1.807, 2.05) is 12.1 Å². The fourth-order valence-electron chi connectivity index (χ4n) is 3.49. The molecule has 1 N–H and O–H groups in total. The van der Waals surface area contributed by atoms with Crippen molar-refractivity contribution in [2.24, 2.45) is 5.41 Å². The second-order valence-corrected chi connectivity index (χ2v) is 6.57. The molecule has 0 saturated heterocycles. The summed E-state index contributed by atoms with van der Waals surface area (Å²) in [6.45, 7) is 7.56. The predicted octanol–water partition coefficient (Wildman–Crippen LogP) is 3.90. The summed E-state index contributed by atoms with van der Waals surface area (Å²) in [5, 5.41) is 4.94. The Labute approximate surface area is 126 Å². The van der Waals surface area contributed by atoms with Gasteiger partial charge in [0.15, 0.2) is 0 Å². The van der Waals surface area contributed by atoms with E-state index in [4.69, 9.17) is 9.15 Å². The Morgan fingerprint density at radius 3 is 2.76 bits per heavy atom. The molecular weight excluding hydrogens is 262 g/mol. The number of hydrogen-bond donors (Lipinski definition) is 1. The molecule has 0 amide bonds. The van der Waals surface area contributed by atoms with E-state index in [0.717, 1.165) is 30.7 Å². The fourth-order valence-corrected chi connectivity index (χ4v) is 3.49. The number of rotatable bonds is 5. The molecule has 2 aromatic rings. The minimum Gasteiger partial charge on any atom is -0.461 e. The first-order valence-electron chi connectivity index (χ1n) is 7.83. The summed E-state index contributed by atoms with van der Waals surface area (Å²) in [5.41, 5.74) is 2.50. The van der Waals surface area contributed by atoms with Crippen LogP contribution in [-0.4, -0.2) is 19.3 Å². The zero-order chi connectivity index (χ0) is 15.0. The second kappa shape index (κ2) is 5.47. The molecule has 1 aliphatic rings. The maximum absolute atomic E-state index is 5.96. The molecule has 0 spiro atoms. The summed E-state index contributed by atoms with van der Waals surface area (Å²) in [6.07, 6.45) is 2.38. The molecule has 1 heterocycles. The molecule has 1 aromatic carbocycles. The number of aryl methyl sites for hydroxylation is 1. The van der Waals surface area contributed by atoms with E-state index < -0.39 is 0 Å². The number of nitrogens with one attached hydrogen (secondary N) is 1. The summed E-state index contributed by atoms with van der Waals surface area (Å²) in [4.78, 5) is 0. The third kappa shape index (κ3) is 2.39. The van der Waals surface area contributed by atoms with Crippen molar-refractivity contribution >= 4 is 11.0 Å². The largest absolute Gasteiger partial charge is 0.461 e. The smallest absolute Gasteiger partial charge is 0.134 e. The second-order valence-electron chi connectivity index (χ2n) is 6.57. The van der Waals surface area contributed by atoms with Gasteiger partial charge in [0.05, 0.1) is 6.10 Å². The van der Waals surface area contributed by atoms with E-state index in [0.29, 0.717) is 12.1 Å². The lowest BCUT2D eigenvalue weighted by Crippen LogP contribution is -2.60. The first kappa shape index (κ1) is 14.6. The van der Waals surface area contributed by atoms with Crippen LogP contribution in [-0.2, 0) is 17.7 Å². The molecule has 1 aliphatic carbocycles. The van der Waals surface area contributed by atoms with Crippen LogP contribution in [0.3, 0.4) is 0 Å². The molecule has 1 fully saturated rings. The molecule has 3 rings (SSSR count). The van der Waals surface area contributed by atoms with E-state index in [1.54, 1.807) is 7.11 Å². The van der Waals surface area contributed by atoms with Gasteiger partial charge in [0.2, 0.25) is 0 Å². The van der Waals surface area contributed by atoms with Gasteiger partial charge in [0.25, 0.3) is 0 Å². The number of fused-ring (bicyclic) bond motifs is 1. The van der Waals surface area contributed by atoms with Gasteiger partial charge in [-0.3, -0.25) is 0 Å². The highest BCUT2D eigenvalue weighted by molar-refractivity contribution is 5.82. The van der Waals surface area contributed by atoms with Crippen molar-refractivity contribution in [3.05, 3.63) is 35.6 Å². The minimum absolute atomic E-state index is 0.195. The van der Waals surface area contributed by atoms with Gasteiger partial charge < -0.3 is 14.5 Å².